The van der Waals surface area contributed by atoms with E-state index in [9.17, 15) is 0 Å². The molecule has 2 aliphatic carbocycles. The van der Waals surface area contributed by atoms with Gasteiger partial charge in [0.1, 0.15) is 0 Å². The van der Waals surface area contributed by atoms with Crippen molar-refractivity contribution in [1.29, 1.82) is 0 Å². The molecule has 36 heavy (non-hydrogen) atoms. The molecule has 0 atom stereocenters. The van der Waals surface area contributed by atoms with Gasteiger partial charge in [-0.25, -0.2) is 0 Å². The fourth-order valence-corrected chi connectivity index (χ4v) is 9.61. The second kappa shape index (κ2) is 11.6. The molecule has 0 saturated carbocycles. The van der Waals surface area contributed by atoms with Crippen LogP contribution in [0.1, 0.15) is 115 Å². The van der Waals surface area contributed by atoms with Gasteiger partial charge in [-0.1, -0.05) is 0 Å². The summed E-state index contributed by atoms with van der Waals surface area (Å²) in [5.41, 5.74) is 16.3. The predicted octanol–water partition coefficient (Wildman–Crippen LogP) is 2.25. The largest absolute Gasteiger partial charge is 1.00 e. The minimum absolute atomic E-state index is 0. The Morgan fingerprint density at radius 1 is 0.861 bits per heavy atom. The van der Waals surface area contributed by atoms with Gasteiger partial charge in [0.05, 0.1) is 0 Å². The zero-order valence-electron chi connectivity index (χ0n) is 24.0. The van der Waals surface area contributed by atoms with Crippen molar-refractivity contribution < 1.29 is 47.6 Å². The molecule has 0 radical (unpaired) electrons. The van der Waals surface area contributed by atoms with Gasteiger partial charge in [0, 0.05) is 0 Å². The molecular weight excluding hydrogens is 558 g/mol. The summed E-state index contributed by atoms with van der Waals surface area (Å²) in [6, 6.07) is 5.08. The fourth-order valence-electron chi connectivity index (χ4n) is 5.95. The molecule has 193 valence electrons. The molecule has 2 aliphatic rings. The molecule has 0 saturated heterocycles. The van der Waals surface area contributed by atoms with Crippen molar-refractivity contribution in [3.63, 3.8) is 0 Å². The Morgan fingerprint density at radius 2 is 1.53 bits per heavy atom. The van der Waals surface area contributed by atoms with Gasteiger partial charge in [0.25, 0.3) is 0 Å². The van der Waals surface area contributed by atoms with Crippen molar-refractivity contribution >= 4 is 12.1 Å². The number of benzene rings is 2. The van der Waals surface area contributed by atoms with Gasteiger partial charge in [0.15, 0.2) is 0 Å². The maximum atomic E-state index is 2.55. The summed E-state index contributed by atoms with van der Waals surface area (Å²) in [5.74, 6) is 0. The molecule has 2 aromatic carbocycles. The third kappa shape index (κ3) is 5.65. The summed E-state index contributed by atoms with van der Waals surface area (Å²) in [5, 5.41) is 0. The number of rotatable bonds is 4. The normalized spacial score (nSPS) is 13.9. The van der Waals surface area contributed by atoms with E-state index in [4.69, 9.17) is 0 Å². The van der Waals surface area contributed by atoms with Crippen LogP contribution < -0.4 is 28.1 Å². The molecular formula is C33H43Cl2Zr. The first-order valence-corrected chi connectivity index (χ1v) is 15.7. The number of allylic oxidation sites excluding steroid dienone is 4. The Balaban J connectivity index is 0.00000228. The standard InChI is InChI=1S/C30H37.C3H6.2ClH.Zr/c1-9-19-16-23(29(3,4)5)17-21-15-22-18-25(30(6,7)8)27(20-13-11-12-14-20)24(10-2)28(22)26(19)21;1-3-2;;;/h11-13,16-17H,9-10,14-15H2,1-8H3;1-2H3;2*1H;/q;;;;+2/p-2. The Morgan fingerprint density at radius 3 is 2.00 bits per heavy atom. The van der Waals surface area contributed by atoms with Crippen molar-refractivity contribution in [2.75, 3.05) is 0 Å². The van der Waals surface area contributed by atoms with Gasteiger partial charge < -0.3 is 24.8 Å². The van der Waals surface area contributed by atoms with Crippen LogP contribution in [0.15, 0.2) is 30.4 Å². The van der Waals surface area contributed by atoms with Crippen LogP contribution in [0.3, 0.4) is 0 Å². The molecule has 0 bridgehead atoms. The van der Waals surface area contributed by atoms with E-state index in [1.807, 2.05) is 0 Å². The average molecular weight is 602 g/mol. The summed E-state index contributed by atoms with van der Waals surface area (Å²) in [6.07, 6.45) is 11.4. The van der Waals surface area contributed by atoms with Crippen LogP contribution in [-0.2, 0) is 52.8 Å². The Bertz CT molecular complexity index is 1240. The molecule has 3 heteroatoms. The van der Waals surface area contributed by atoms with Gasteiger partial charge in [0.2, 0.25) is 0 Å². The molecule has 4 rings (SSSR count). The molecule has 0 aliphatic heterocycles. The Labute approximate surface area is 244 Å². The molecule has 0 fully saturated rings. The second-order valence-corrected chi connectivity index (χ2v) is 16.8. The van der Waals surface area contributed by atoms with E-state index in [2.05, 4.69) is 99.6 Å². The number of aryl methyl sites for hydroxylation is 1. The van der Waals surface area contributed by atoms with E-state index in [0.29, 0.717) is 0 Å². The maximum absolute atomic E-state index is 2.55. The first-order chi connectivity index (χ1) is 15.9. The van der Waals surface area contributed by atoms with Crippen LogP contribution >= 0.6 is 0 Å². The topological polar surface area (TPSA) is 0 Å². The average Bonchev–Trinajstić information content (AvgIpc) is 3.38. The number of hydrogen-bond acceptors (Lipinski definition) is 0. The molecule has 0 spiro atoms. The molecule has 2 aromatic rings. The number of halogens is 2. The summed E-state index contributed by atoms with van der Waals surface area (Å²) in [4.78, 5) is 0. The zero-order valence-corrected chi connectivity index (χ0v) is 27.9. The van der Waals surface area contributed by atoms with Crippen molar-refractivity contribution in [2.45, 2.75) is 106 Å². The van der Waals surface area contributed by atoms with E-state index < -0.39 is 22.8 Å². The monoisotopic (exact) mass is 599 g/mol. The molecule has 0 aromatic heterocycles. The van der Waals surface area contributed by atoms with E-state index in [1.165, 1.54) is 11.1 Å². The van der Waals surface area contributed by atoms with E-state index >= 15 is 0 Å². The van der Waals surface area contributed by atoms with Crippen LogP contribution in [-0.4, -0.2) is 3.21 Å². The predicted molar refractivity (Wildman–Crippen MR) is 149 cm³/mol. The summed E-state index contributed by atoms with van der Waals surface area (Å²) in [6.45, 7) is 23.9. The van der Waals surface area contributed by atoms with E-state index in [0.717, 1.165) is 25.7 Å². The van der Waals surface area contributed by atoms with Crippen molar-refractivity contribution in [2.24, 2.45) is 0 Å². The molecule has 0 amide bonds. The van der Waals surface area contributed by atoms with Crippen molar-refractivity contribution in [3.8, 4) is 11.1 Å². The van der Waals surface area contributed by atoms with E-state index in [-0.39, 0.29) is 35.6 Å². The first kappa shape index (κ1) is 31.5. The fraction of sp³-hybridized carbons (Fsp3) is 0.485. The van der Waals surface area contributed by atoms with Gasteiger partial charge >= 0.3 is 221 Å². The number of fused-ring (bicyclic) bond motifs is 3. The van der Waals surface area contributed by atoms with Gasteiger partial charge in [-0.15, -0.1) is 0 Å². The smallest absolute Gasteiger partial charge is 1.00 e. The third-order valence-electron chi connectivity index (χ3n) is 7.44. The summed E-state index contributed by atoms with van der Waals surface area (Å²) >= 11 is -0.829. The first-order valence-electron chi connectivity index (χ1n) is 13.2. The minimum atomic E-state index is -0.829. The molecule has 0 unspecified atom stereocenters. The van der Waals surface area contributed by atoms with Crippen molar-refractivity contribution in [1.82, 2.24) is 0 Å². The SMILES string of the molecule is CCc1cc(C(C)(C)C)cc2c1-c1c([c]([Zr+2]=[C](C)C)c(C(C)(C)C)c(C3=CC=CC3)c1CC)C2.[Cl-].[Cl-]. The molecule has 0 heterocycles. The summed E-state index contributed by atoms with van der Waals surface area (Å²) < 4.78 is 3.45. The van der Waals surface area contributed by atoms with E-state index in [1.54, 1.807) is 51.0 Å². The van der Waals surface area contributed by atoms with Gasteiger partial charge in [-0.2, -0.15) is 0 Å². The van der Waals surface area contributed by atoms with Crippen molar-refractivity contribution in [3.05, 3.63) is 69.3 Å². The zero-order chi connectivity index (χ0) is 25.0. The van der Waals surface area contributed by atoms with Crippen LogP contribution in [0.5, 0.6) is 0 Å². The van der Waals surface area contributed by atoms with Gasteiger partial charge in [-0.3, -0.25) is 0 Å². The van der Waals surface area contributed by atoms with Crippen LogP contribution in [0.25, 0.3) is 16.7 Å². The van der Waals surface area contributed by atoms with Crippen LogP contribution in [0, 0.1) is 0 Å². The Hall–Kier alpha value is -0.747. The van der Waals surface area contributed by atoms with Gasteiger partial charge in [-0.05, 0) is 0 Å². The number of hydrogen-bond donors (Lipinski definition) is 0. The van der Waals surface area contributed by atoms with Crippen LogP contribution in [0.2, 0.25) is 0 Å². The third-order valence-corrected chi connectivity index (χ3v) is 10.6. The quantitative estimate of drug-likeness (QED) is 0.431. The molecule has 0 nitrogen and oxygen atoms in total. The second-order valence-electron chi connectivity index (χ2n) is 12.5. The molecule has 0 N–H and O–H groups in total. The van der Waals surface area contributed by atoms with Crippen LogP contribution in [0.4, 0.5) is 0 Å². The Kier molecular flexibility index (Phi) is 10.1. The maximum Gasteiger partial charge on any atom is -1.00 e. The summed E-state index contributed by atoms with van der Waals surface area (Å²) in [7, 11) is 0. The minimum Gasteiger partial charge on any atom is -1.00 e.